The third-order valence-corrected chi connectivity index (χ3v) is 3.16. The van der Waals surface area contributed by atoms with Crippen LogP contribution in [-0.2, 0) is 11.2 Å². The number of aromatic nitrogens is 2. The topological polar surface area (TPSA) is 68.0 Å². The van der Waals surface area contributed by atoms with Gasteiger partial charge in [0, 0.05) is 24.4 Å². The van der Waals surface area contributed by atoms with Gasteiger partial charge >= 0.3 is 0 Å². The van der Waals surface area contributed by atoms with E-state index in [0.717, 1.165) is 12.8 Å². The average Bonchev–Trinajstić information content (AvgIpc) is 3.20. The van der Waals surface area contributed by atoms with Crippen LogP contribution in [0.5, 0.6) is 0 Å². The summed E-state index contributed by atoms with van der Waals surface area (Å²) < 4.78 is 17.9. The molecule has 1 aliphatic rings. The molecule has 1 fully saturated rings. The Morgan fingerprint density at radius 2 is 2.10 bits per heavy atom. The van der Waals surface area contributed by atoms with Crippen LogP contribution in [0.15, 0.2) is 28.8 Å². The fourth-order valence-electron chi connectivity index (χ4n) is 1.86. The molecule has 3 rings (SSSR count). The van der Waals surface area contributed by atoms with Gasteiger partial charge in [-0.1, -0.05) is 5.16 Å². The van der Waals surface area contributed by atoms with Crippen molar-refractivity contribution in [3.05, 3.63) is 36.0 Å². The third-order valence-electron chi connectivity index (χ3n) is 3.16. The van der Waals surface area contributed by atoms with Crippen molar-refractivity contribution in [1.82, 2.24) is 15.5 Å². The Balaban J connectivity index is 1.56. The molecule has 0 aliphatic heterocycles. The minimum Gasteiger partial charge on any atom is -0.355 e. The summed E-state index contributed by atoms with van der Waals surface area (Å²) in [6.07, 6.45) is 2.47. The Morgan fingerprint density at radius 3 is 2.80 bits per heavy atom. The van der Waals surface area contributed by atoms with E-state index in [1.54, 1.807) is 12.1 Å². The minimum absolute atomic E-state index is 0.100. The molecule has 1 amide bonds. The Labute approximate surface area is 115 Å². The SMILES string of the molecule is O=C(NCCc1nc(-c2ccc(F)cc2)no1)C1CC1. The molecule has 1 saturated carbocycles. The number of carbonyl (C=O) groups is 1. The number of carbonyl (C=O) groups excluding carboxylic acids is 1. The van der Waals surface area contributed by atoms with Crippen LogP contribution in [0.2, 0.25) is 0 Å². The van der Waals surface area contributed by atoms with Gasteiger partial charge in [0.1, 0.15) is 5.82 Å². The summed E-state index contributed by atoms with van der Waals surface area (Å²) in [5, 5.41) is 6.67. The lowest BCUT2D eigenvalue weighted by Gasteiger charge is -2.00. The molecule has 0 bridgehead atoms. The van der Waals surface area contributed by atoms with Crippen molar-refractivity contribution in [2.45, 2.75) is 19.3 Å². The van der Waals surface area contributed by atoms with Crippen molar-refractivity contribution < 1.29 is 13.7 Å². The van der Waals surface area contributed by atoms with E-state index in [1.807, 2.05) is 0 Å². The van der Waals surface area contributed by atoms with Gasteiger partial charge in [-0.25, -0.2) is 4.39 Å². The van der Waals surface area contributed by atoms with Gasteiger partial charge in [-0.15, -0.1) is 0 Å². The Bertz CT molecular complexity index is 605. The second-order valence-electron chi connectivity index (χ2n) is 4.83. The molecule has 104 valence electrons. The fourth-order valence-corrected chi connectivity index (χ4v) is 1.86. The van der Waals surface area contributed by atoms with E-state index in [2.05, 4.69) is 15.5 Å². The predicted molar refractivity (Wildman–Crippen MR) is 69.1 cm³/mol. The number of hydrogen-bond acceptors (Lipinski definition) is 4. The molecule has 5 nitrogen and oxygen atoms in total. The number of nitrogens with one attached hydrogen (secondary N) is 1. The van der Waals surface area contributed by atoms with Crippen LogP contribution in [-0.4, -0.2) is 22.6 Å². The van der Waals surface area contributed by atoms with Gasteiger partial charge in [0.25, 0.3) is 0 Å². The summed E-state index contributed by atoms with van der Waals surface area (Å²) in [7, 11) is 0. The van der Waals surface area contributed by atoms with Gasteiger partial charge in [-0.05, 0) is 37.1 Å². The van der Waals surface area contributed by atoms with Crippen molar-refractivity contribution in [3.63, 3.8) is 0 Å². The molecule has 0 saturated heterocycles. The molecule has 1 heterocycles. The van der Waals surface area contributed by atoms with Gasteiger partial charge in [0.15, 0.2) is 0 Å². The maximum atomic E-state index is 12.8. The summed E-state index contributed by atoms with van der Waals surface area (Å²) in [6, 6.07) is 5.89. The highest BCUT2D eigenvalue weighted by molar-refractivity contribution is 5.80. The van der Waals surface area contributed by atoms with E-state index in [0.29, 0.717) is 30.2 Å². The van der Waals surface area contributed by atoms with Crippen molar-refractivity contribution in [2.75, 3.05) is 6.54 Å². The molecule has 1 aromatic heterocycles. The summed E-state index contributed by atoms with van der Waals surface area (Å²) in [6.45, 7) is 0.486. The van der Waals surface area contributed by atoms with E-state index in [4.69, 9.17) is 4.52 Å². The highest BCUT2D eigenvalue weighted by Crippen LogP contribution is 2.28. The summed E-state index contributed by atoms with van der Waals surface area (Å²) in [5.74, 6) is 0.880. The number of amides is 1. The second kappa shape index (κ2) is 5.40. The zero-order valence-corrected chi connectivity index (χ0v) is 10.8. The lowest BCUT2D eigenvalue weighted by molar-refractivity contribution is -0.122. The van der Waals surface area contributed by atoms with Crippen molar-refractivity contribution in [2.24, 2.45) is 5.92 Å². The van der Waals surface area contributed by atoms with Gasteiger partial charge < -0.3 is 9.84 Å². The fraction of sp³-hybridized carbons (Fsp3) is 0.357. The normalized spacial score (nSPS) is 14.2. The van der Waals surface area contributed by atoms with E-state index in [1.165, 1.54) is 12.1 Å². The van der Waals surface area contributed by atoms with Crippen LogP contribution >= 0.6 is 0 Å². The Kier molecular flexibility index (Phi) is 3.45. The molecule has 1 aromatic carbocycles. The molecule has 1 N–H and O–H groups in total. The van der Waals surface area contributed by atoms with Gasteiger partial charge in [0.05, 0.1) is 0 Å². The molecule has 2 aromatic rings. The zero-order valence-electron chi connectivity index (χ0n) is 10.8. The van der Waals surface area contributed by atoms with E-state index < -0.39 is 0 Å². The van der Waals surface area contributed by atoms with Crippen LogP contribution in [0.3, 0.4) is 0 Å². The van der Waals surface area contributed by atoms with Gasteiger partial charge in [-0.2, -0.15) is 4.98 Å². The first kappa shape index (κ1) is 12.8. The average molecular weight is 275 g/mol. The molecular weight excluding hydrogens is 261 g/mol. The van der Waals surface area contributed by atoms with Crippen LogP contribution in [0, 0.1) is 11.7 Å². The maximum absolute atomic E-state index is 12.8. The lowest BCUT2D eigenvalue weighted by atomic mass is 10.2. The number of rotatable bonds is 5. The summed E-state index contributed by atoms with van der Waals surface area (Å²) in [5.41, 5.74) is 0.698. The Hall–Kier alpha value is -2.24. The molecule has 0 spiro atoms. The van der Waals surface area contributed by atoms with Crippen LogP contribution < -0.4 is 5.32 Å². The second-order valence-corrected chi connectivity index (χ2v) is 4.83. The molecule has 0 atom stereocenters. The number of benzene rings is 1. The van der Waals surface area contributed by atoms with Gasteiger partial charge in [-0.3, -0.25) is 4.79 Å². The van der Waals surface area contributed by atoms with Gasteiger partial charge in [0.2, 0.25) is 17.6 Å². The highest BCUT2D eigenvalue weighted by Gasteiger charge is 2.29. The van der Waals surface area contributed by atoms with Crippen LogP contribution in [0.1, 0.15) is 18.7 Å². The van der Waals surface area contributed by atoms with Crippen molar-refractivity contribution in [3.8, 4) is 11.4 Å². The standard InChI is InChI=1S/C14H14FN3O2/c15-11-5-3-9(4-6-11)13-17-12(20-18-13)7-8-16-14(19)10-1-2-10/h3-6,10H,1-2,7-8H2,(H,16,19). The molecule has 6 heteroatoms. The zero-order chi connectivity index (χ0) is 13.9. The van der Waals surface area contributed by atoms with E-state index in [-0.39, 0.29) is 17.6 Å². The highest BCUT2D eigenvalue weighted by atomic mass is 19.1. The maximum Gasteiger partial charge on any atom is 0.228 e. The molecule has 20 heavy (non-hydrogen) atoms. The lowest BCUT2D eigenvalue weighted by Crippen LogP contribution is -2.26. The summed E-state index contributed by atoms with van der Waals surface area (Å²) in [4.78, 5) is 15.7. The monoisotopic (exact) mass is 275 g/mol. The molecular formula is C14H14FN3O2. The molecule has 0 radical (unpaired) electrons. The smallest absolute Gasteiger partial charge is 0.228 e. The van der Waals surface area contributed by atoms with Crippen molar-refractivity contribution in [1.29, 1.82) is 0 Å². The number of hydrogen-bond donors (Lipinski definition) is 1. The van der Waals surface area contributed by atoms with Crippen LogP contribution in [0.4, 0.5) is 4.39 Å². The quantitative estimate of drug-likeness (QED) is 0.905. The first-order valence-electron chi connectivity index (χ1n) is 6.58. The predicted octanol–water partition coefficient (Wildman–Crippen LogP) is 1.94. The Morgan fingerprint density at radius 1 is 1.35 bits per heavy atom. The third kappa shape index (κ3) is 3.01. The first-order valence-corrected chi connectivity index (χ1v) is 6.58. The van der Waals surface area contributed by atoms with E-state index >= 15 is 0 Å². The molecule has 0 unspecified atom stereocenters. The minimum atomic E-state index is -0.305. The first-order chi connectivity index (χ1) is 9.72. The van der Waals surface area contributed by atoms with Crippen molar-refractivity contribution >= 4 is 5.91 Å². The largest absolute Gasteiger partial charge is 0.355 e. The van der Waals surface area contributed by atoms with Crippen LogP contribution in [0.25, 0.3) is 11.4 Å². The number of halogens is 1. The summed E-state index contributed by atoms with van der Waals surface area (Å²) >= 11 is 0. The molecule has 1 aliphatic carbocycles. The van der Waals surface area contributed by atoms with E-state index in [9.17, 15) is 9.18 Å². The number of nitrogens with zero attached hydrogens (tertiary/aromatic N) is 2.